The maximum Gasteiger partial charge on any atom is 0.146 e. The Morgan fingerprint density at radius 1 is 1.43 bits per heavy atom. The Balaban J connectivity index is 2.22. The van der Waals surface area contributed by atoms with Crippen LogP contribution in [-0.2, 0) is 6.54 Å². The maximum absolute atomic E-state index is 8.96. The van der Waals surface area contributed by atoms with Crippen molar-refractivity contribution < 1.29 is 0 Å². The minimum Gasteiger partial charge on any atom is -0.370 e. The summed E-state index contributed by atoms with van der Waals surface area (Å²) >= 11 is 1.63. The third-order valence-electron chi connectivity index (χ3n) is 3.28. The molecular weight excluding hydrogens is 282 g/mol. The first-order chi connectivity index (χ1) is 10.2. The van der Waals surface area contributed by atoms with Crippen LogP contribution in [0.3, 0.4) is 0 Å². The molecule has 2 rings (SSSR count). The van der Waals surface area contributed by atoms with Crippen LogP contribution in [0.25, 0.3) is 10.2 Å². The van der Waals surface area contributed by atoms with E-state index in [-0.39, 0.29) is 5.92 Å². The maximum atomic E-state index is 8.96. The molecule has 0 aliphatic heterocycles. The summed E-state index contributed by atoms with van der Waals surface area (Å²) < 4.78 is 0. The lowest BCUT2D eigenvalue weighted by Gasteiger charge is -2.20. The molecule has 6 heteroatoms. The largest absolute Gasteiger partial charge is 0.370 e. The first-order valence-corrected chi connectivity index (χ1v) is 8.15. The van der Waals surface area contributed by atoms with E-state index in [9.17, 15) is 0 Å². The molecule has 0 saturated heterocycles. The molecule has 0 radical (unpaired) electrons. The average Bonchev–Trinajstić information content (AvgIpc) is 2.95. The highest BCUT2D eigenvalue weighted by Gasteiger charge is 2.13. The zero-order chi connectivity index (χ0) is 15.2. The summed E-state index contributed by atoms with van der Waals surface area (Å²) in [5.41, 5.74) is 0. The molecule has 0 amide bonds. The fourth-order valence-electron chi connectivity index (χ4n) is 2.21. The van der Waals surface area contributed by atoms with Crippen molar-refractivity contribution in [1.29, 1.82) is 5.26 Å². The molecule has 0 aromatic carbocycles. The topological polar surface area (TPSA) is 64.8 Å². The fourth-order valence-corrected chi connectivity index (χ4v) is 2.99. The number of nitriles is 1. The van der Waals surface area contributed by atoms with E-state index in [0.717, 1.165) is 41.5 Å². The van der Waals surface area contributed by atoms with Crippen molar-refractivity contribution in [2.45, 2.75) is 27.3 Å². The Kier molecular flexibility index (Phi) is 5.48. The molecule has 5 nitrogen and oxygen atoms in total. The van der Waals surface area contributed by atoms with Crippen LogP contribution >= 0.6 is 11.3 Å². The van der Waals surface area contributed by atoms with E-state index >= 15 is 0 Å². The van der Waals surface area contributed by atoms with E-state index in [1.165, 1.54) is 0 Å². The molecule has 2 heterocycles. The van der Waals surface area contributed by atoms with Crippen molar-refractivity contribution in [3.05, 3.63) is 17.3 Å². The van der Waals surface area contributed by atoms with Crippen LogP contribution in [0, 0.1) is 17.2 Å². The summed E-state index contributed by atoms with van der Waals surface area (Å²) in [7, 11) is 0. The molecule has 0 aliphatic carbocycles. The lowest BCUT2D eigenvalue weighted by Crippen LogP contribution is -2.28. The number of anilines is 1. The van der Waals surface area contributed by atoms with Crippen molar-refractivity contribution >= 4 is 27.4 Å². The average molecular weight is 303 g/mol. The quantitative estimate of drug-likeness (QED) is 0.851. The third kappa shape index (κ3) is 3.90. The minimum absolute atomic E-state index is 0.0173. The molecule has 1 N–H and O–H groups in total. The molecule has 1 atom stereocenters. The van der Waals surface area contributed by atoms with Crippen LogP contribution in [0.4, 0.5) is 5.82 Å². The van der Waals surface area contributed by atoms with Crippen molar-refractivity contribution in [1.82, 2.24) is 14.9 Å². The van der Waals surface area contributed by atoms with Gasteiger partial charge in [-0.05, 0) is 31.8 Å². The number of fused-ring (bicyclic) bond motifs is 1. The van der Waals surface area contributed by atoms with Gasteiger partial charge in [0.05, 0.1) is 23.9 Å². The van der Waals surface area contributed by atoms with Crippen molar-refractivity contribution in [3.8, 4) is 6.07 Å². The smallest absolute Gasteiger partial charge is 0.146 e. The number of nitrogens with one attached hydrogen (secondary N) is 1. The molecule has 1 unspecified atom stereocenters. The van der Waals surface area contributed by atoms with Gasteiger partial charge >= 0.3 is 0 Å². The SMILES string of the molecule is CCNc1nc(CN(CC)CC(C)C#N)nc2sccc12. The Hall–Kier alpha value is -1.71. The summed E-state index contributed by atoms with van der Waals surface area (Å²) in [4.78, 5) is 12.5. The third-order valence-corrected chi connectivity index (χ3v) is 4.09. The highest BCUT2D eigenvalue weighted by Crippen LogP contribution is 2.25. The lowest BCUT2D eigenvalue weighted by molar-refractivity contribution is 0.254. The molecule has 112 valence electrons. The van der Waals surface area contributed by atoms with Gasteiger partial charge in [0, 0.05) is 13.1 Å². The summed E-state index contributed by atoms with van der Waals surface area (Å²) in [5.74, 6) is 1.74. The molecule has 0 aliphatic rings. The number of rotatable bonds is 7. The van der Waals surface area contributed by atoms with Gasteiger partial charge in [0.15, 0.2) is 0 Å². The van der Waals surface area contributed by atoms with Crippen LogP contribution in [0.15, 0.2) is 11.4 Å². The zero-order valence-electron chi connectivity index (χ0n) is 12.8. The Morgan fingerprint density at radius 3 is 2.90 bits per heavy atom. The molecule has 0 fully saturated rings. The summed E-state index contributed by atoms with van der Waals surface area (Å²) in [5, 5.41) is 15.4. The van der Waals surface area contributed by atoms with Crippen LogP contribution in [0.2, 0.25) is 0 Å². The highest BCUT2D eigenvalue weighted by molar-refractivity contribution is 7.16. The van der Waals surface area contributed by atoms with Crippen LogP contribution in [0.1, 0.15) is 26.6 Å². The van der Waals surface area contributed by atoms with Crippen LogP contribution in [-0.4, -0.2) is 34.5 Å². The predicted molar refractivity (Wildman–Crippen MR) is 87.3 cm³/mol. The van der Waals surface area contributed by atoms with Gasteiger partial charge in [0.1, 0.15) is 16.5 Å². The van der Waals surface area contributed by atoms with Crippen molar-refractivity contribution in [2.75, 3.05) is 25.0 Å². The number of hydrogen-bond donors (Lipinski definition) is 1. The monoisotopic (exact) mass is 303 g/mol. The van der Waals surface area contributed by atoms with Crippen LogP contribution < -0.4 is 5.32 Å². The first-order valence-electron chi connectivity index (χ1n) is 7.27. The van der Waals surface area contributed by atoms with E-state index in [1.54, 1.807) is 11.3 Å². The second kappa shape index (κ2) is 7.34. The summed E-state index contributed by atoms with van der Waals surface area (Å²) in [6.45, 7) is 9.24. The second-order valence-electron chi connectivity index (χ2n) is 5.02. The van der Waals surface area contributed by atoms with Gasteiger partial charge < -0.3 is 5.32 Å². The number of aromatic nitrogens is 2. The molecule has 0 bridgehead atoms. The fraction of sp³-hybridized carbons (Fsp3) is 0.533. The van der Waals surface area contributed by atoms with Crippen molar-refractivity contribution in [3.63, 3.8) is 0 Å². The van der Waals surface area contributed by atoms with E-state index in [4.69, 9.17) is 5.26 Å². The normalized spacial score (nSPS) is 12.5. The van der Waals surface area contributed by atoms with Gasteiger partial charge in [0.2, 0.25) is 0 Å². The van der Waals surface area contributed by atoms with Gasteiger partial charge in [-0.3, -0.25) is 4.90 Å². The minimum atomic E-state index is 0.0173. The highest BCUT2D eigenvalue weighted by atomic mass is 32.1. The Bertz CT molecular complexity index is 631. The van der Waals surface area contributed by atoms with Gasteiger partial charge in [-0.2, -0.15) is 5.26 Å². The van der Waals surface area contributed by atoms with E-state index in [0.29, 0.717) is 6.54 Å². The molecular formula is C15H21N5S. The number of thiophene rings is 1. The molecule has 0 spiro atoms. The van der Waals surface area contributed by atoms with Gasteiger partial charge in [0.25, 0.3) is 0 Å². The molecule has 2 aromatic heterocycles. The Morgan fingerprint density at radius 2 is 2.24 bits per heavy atom. The number of hydrogen-bond acceptors (Lipinski definition) is 6. The summed E-state index contributed by atoms with van der Waals surface area (Å²) in [6.07, 6.45) is 0. The van der Waals surface area contributed by atoms with E-state index in [1.807, 2.05) is 12.3 Å². The second-order valence-corrected chi connectivity index (χ2v) is 5.91. The van der Waals surface area contributed by atoms with E-state index < -0.39 is 0 Å². The standard InChI is InChI=1S/C15H21N5S/c1-4-17-14-12-6-7-21-15(12)19-13(18-14)10-20(5-2)9-11(3)8-16/h6-7,11H,4-5,9-10H2,1-3H3,(H,17,18,19). The molecule has 0 saturated carbocycles. The molecule has 2 aromatic rings. The van der Waals surface area contributed by atoms with Crippen LogP contribution in [0.5, 0.6) is 0 Å². The lowest BCUT2D eigenvalue weighted by atomic mass is 10.2. The summed E-state index contributed by atoms with van der Waals surface area (Å²) in [6, 6.07) is 4.33. The van der Waals surface area contributed by atoms with Crippen molar-refractivity contribution in [2.24, 2.45) is 5.92 Å². The molecule has 21 heavy (non-hydrogen) atoms. The van der Waals surface area contributed by atoms with Gasteiger partial charge in [-0.15, -0.1) is 11.3 Å². The van der Waals surface area contributed by atoms with Gasteiger partial charge in [-0.1, -0.05) is 6.92 Å². The zero-order valence-corrected chi connectivity index (χ0v) is 13.6. The Labute approximate surface area is 129 Å². The van der Waals surface area contributed by atoms with Gasteiger partial charge in [-0.25, -0.2) is 9.97 Å². The number of nitrogens with zero attached hydrogens (tertiary/aromatic N) is 4. The predicted octanol–water partition coefficient (Wildman–Crippen LogP) is 3.10. The van der Waals surface area contributed by atoms with E-state index in [2.05, 4.69) is 46.2 Å². The first kappa shape index (κ1) is 15.7.